The molecular weight excluding hydrogens is 681 g/mol. The van der Waals surface area contributed by atoms with Gasteiger partial charge in [0.25, 0.3) is 0 Å². The van der Waals surface area contributed by atoms with E-state index in [0.29, 0.717) is 0 Å². The molecular formula is C53H38N2O. The van der Waals surface area contributed by atoms with Crippen LogP contribution < -0.4 is 10.2 Å². The Morgan fingerprint density at radius 3 is 2.12 bits per heavy atom. The number of allylic oxidation sites excluding steroid dienone is 3. The van der Waals surface area contributed by atoms with Gasteiger partial charge >= 0.3 is 0 Å². The monoisotopic (exact) mass is 718 g/mol. The molecule has 1 aliphatic carbocycles. The summed E-state index contributed by atoms with van der Waals surface area (Å²) in [6, 6.07) is 59.6. The van der Waals surface area contributed by atoms with E-state index in [-0.39, 0.29) is 5.92 Å². The molecule has 9 aromatic rings. The number of anilines is 3. The molecule has 0 spiro atoms. The molecule has 1 unspecified atom stereocenters. The van der Waals surface area contributed by atoms with E-state index < -0.39 is 0 Å². The van der Waals surface area contributed by atoms with Gasteiger partial charge in [0.05, 0.1) is 5.69 Å². The van der Waals surface area contributed by atoms with Crippen LogP contribution in [0.2, 0.25) is 0 Å². The molecule has 1 aromatic heterocycles. The van der Waals surface area contributed by atoms with Crippen molar-refractivity contribution in [2.24, 2.45) is 0 Å². The summed E-state index contributed by atoms with van der Waals surface area (Å²) in [7, 11) is 0. The Hall–Kier alpha value is -7.10. The minimum Gasteiger partial charge on any atom is -0.440 e. The Morgan fingerprint density at radius 2 is 1.29 bits per heavy atom. The minimum absolute atomic E-state index is 0.222. The fourth-order valence-electron chi connectivity index (χ4n) is 8.94. The topological polar surface area (TPSA) is 28.4 Å². The predicted octanol–water partition coefficient (Wildman–Crippen LogP) is 14.4. The molecule has 2 aliphatic rings. The van der Waals surface area contributed by atoms with Crippen LogP contribution in [0.1, 0.15) is 23.5 Å². The van der Waals surface area contributed by atoms with Crippen molar-refractivity contribution in [1.82, 2.24) is 0 Å². The maximum absolute atomic E-state index is 6.31. The average Bonchev–Trinajstić information content (AvgIpc) is 3.63. The lowest BCUT2D eigenvalue weighted by molar-refractivity contribution is 0.628. The van der Waals surface area contributed by atoms with Crippen LogP contribution in [0.5, 0.6) is 0 Å². The van der Waals surface area contributed by atoms with Crippen LogP contribution in [0.4, 0.5) is 17.3 Å². The highest BCUT2D eigenvalue weighted by Crippen LogP contribution is 2.45. The molecule has 0 amide bonds. The van der Waals surface area contributed by atoms with Crippen LogP contribution in [0.15, 0.2) is 198 Å². The number of nitrogens with one attached hydrogen (secondary N) is 1. The lowest BCUT2D eigenvalue weighted by Gasteiger charge is -2.31. The summed E-state index contributed by atoms with van der Waals surface area (Å²) in [5.41, 5.74) is 11.8. The molecule has 0 radical (unpaired) electrons. The molecule has 1 aliphatic heterocycles. The Balaban J connectivity index is 1.05. The predicted molar refractivity (Wildman–Crippen MR) is 237 cm³/mol. The Kier molecular flexibility index (Phi) is 7.70. The minimum atomic E-state index is 0.222. The van der Waals surface area contributed by atoms with E-state index in [1.807, 2.05) is 0 Å². The zero-order chi connectivity index (χ0) is 37.0. The smallest absolute Gasteiger partial charge is 0.201 e. The highest BCUT2D eigenvalue weighted by molar-refractivity contribution is 6.08. The third kappa shape index (κ3) is 5.43. The highest BCUT2D eigenvalue weighted by Gasteiger charge is 2.24. The van der Waals surface area contributed by atoms with Gasteiger partial charge in [-0.3, -0.25) is 0 Å². The molecule has 8 aromatic carbocycles. The number of fused-ring (bicyclic) bond motifs is 6. The van der Waals surface area contributed by atoms with Gasteiger partial charge in [-0.05, 0) is 97.6 Å². The van der Waals surface area contributed by atoms with Crippen molar-refractivity contribution in [1.29, 1.82) is 0 Å². The van der Waals surface area contributed by atoms with Gasteiger partial charge in [-0.2, -0.15) is 0 Å². The van der Waals surface area contributed by atoms with Gasteiger partial charge in [0.1, 0.15) is 5.58 Å². The van der Waals surface area contributed by atoms with Crippen molar-refractivity contribution < 1.29 is 4.42 Å². The number of hydrogen-bond acceptors (Lipinski definition) is 3. The Labute approximate surface area is 326 Å². The quantitative estimate of drug-likeness (QED) is 0.186. The first-order valence-corrected chi connectivity index (χ1v) is 19.5. The molecule has 0 fully saturated rings. The number of hydrogen-bond donors (Lipinski definition) is 1. The zero-order valence-electron chi connectivity index (χ0n) is 30.8. The van der Waals surface area contributed by atoms with Crippen molar-refractivity contribution >= 4 is 66.6 Å². The van der Waals surface area contributed by atoms with Gasteiger partial charge in [0.2, 0.25) is 5.88 Å². The number of rotatable bonds is 6. The molecule has 1 N–H and O–H groups in total. The molecule has 0 saturated carbocycles. The van der Waals surface area contributed by atoms with Crippen molar-refractivity contribution in [3.63, 3.8) is 0 Å². The van der Waals surface area contributed by atoms with Crippen molar-refractivity contribution in [2.45, 2.75) is 12.3 Å². The van der Waals surface area contributed by atoms with Crippen molar-refractivity contribution in [3.05, 3.63) is 205 Å². The van der Waals surface area contributed by atoms with E-state index in [4.69, 9.17) is 4.42 Å². The molecule has 0 bridgehead atoms. The van der Waals surface area contributed by atoms with Crippen LogP contribution in [0.3, 0.4) is 0 Å². The zero-order valence-corrected chi connectivity index (χ0v) is 30.8. The summed E-state index contributed by atoms with van der Waals surface area (Å²) in [6.07, 6.45) is 12.4. The van der Waals surface area contributed by atoms with Crippen LogP contribution in [0, 0.1) is 0 Å². The summed E-state index contributed by atoms with van der Waals surface area (Å²) < 4.78 is 6.31. The first kappa shape index (κ1) is 32.3. The number of furan rings is 1. The molecule has 56 heavy (non-hydrogen) atoms. The lowest BCUT2D eigenvalue weighted by Crippen LogP contribution is -2.18. The Bertz CT molecular complexity index is 3050. The van der Waals surface area contributed by atoms with Crippen LogP contribution in [-0.2, 0) is 0 Å². The van der Waals surface area contributed by atoms with Crippen molar-refractivity contribution in [2.75, 3.05) is 16.8 Å². The molecule has 2 heterocycles. The molecule has 3 heteroatoms. The largest absolute Gasteiger partial charge is 0.440 e. The molecule has 1 atom stereocenters. The summed E-state index contributed by atoms with van der Waals surface area (Å²) in [5.74, 6) is 1.06. The average molecular weight is 719 g/mol. The van der Waals surface area contributed by atoms with Crippen molar-refractivity contribution in [3.8, 4) is 22.3 Å². The van der Waals surface area contributed by atoms with E-state index in [1.54, 1.807) is 0 Å². The van der Waals surface area contributed by atoms with Gasteiger partial charge in [-0.1, -0.05) is 158 Å². The van der Waals surface area contributed by atoms with E-state index in [1.165, 1.54) is 54.7 Å². The SMILES string of the molecule is C1=Cc2c(oc3cc4cccc(N(C5=CCC(c6c(-c7ccccc7)ccc7ccccc67)C=C5)c5ccc(-c6cccc7ccccc67)cc5)c4cc23)NC1. The molecule has 266 valence electrons. The maximum atomic E-state index is 6.31. The summed E-state index contributed by atoms with van der Waals surface area (Å²) in [6.45, 7) is 0.771. The van der Waals surface area contributed by atoms with Gasteiger partial charge < -0.3 is 14.6 Å². The van der Waals surface area contributed by atoms with E-state index in [2.05, 4.69) is 204 Å². The fraction of sp³-hybridized carbons (Fsp3) is 0.0566. The van der Waals surface area contributed by atoms with E-state index >= 15 is 0 Å². The number of nitrogens with zero attached hydrogens (tertiary/aromatic N) is 1. The Morgan fingerprint density at radius 1 is 0.554 bits per heavy atom. The van der Waals surface area contributed by atoms with E-state index in [9.17, 15) is 0 Å². The van der Waals surface area contributed by atoms with Crippen LogP contribution in [0.25, 0.3) is 71.6 Å². The van der Waals surface area contributed by atoms with Gasteiger partial charge in [0, 0.05) is 40.2 Å². The first-order valence-electron chi connectivity index (χ1n) is 19.5. The third-order valence-electron chi connectivity index (χ3n) is 11.6. The standard InChI is InChI=1S/C53H38N2O/c1-2-11-36(12-3-1)46-31-26-37-14-5-7-18-45(37)52(46)39-24-29-42(30-25-39)55(41-27-22-38(23-28-41)44-19-8-15-35-13-4-6-17-43(35)44)50-21-9-16-40-33-51-49(34-48(40)50)47-20-10-32-54-53(47)56-51/h1-24,26-31,33-34,39,54H,25,32H2. The van der Waals surface area contributed by atoms with Gasteiger partial charge in [0.15, 0.2) is 0 Å². The highest BCUT2D eigenvalue weighted by atomic mass is 16.3. The van der Waals surface area contributed by atoms with Crippen LogP contribution in [-0.4, -0.2) is 6.54 Å². The molecule has 3 nitrogen and oxygen atoms in total. The van der Waals surface area contributed by atoms with Crippen LogP contribution >= 0.6 is 0 Å². The van der Waals surface area contributed by atoms with Gasteiger partial charge in [-0.25, -0.2) is 0 Å². The summed E-state index contributed by atoms with van der Waals surface area (Å²) >= 11 is 0. The lowest BCUT2D eigenvalue weighted by atomic mass is 9.82. The summed E-state index contributed by atoms with van der Waals surface area (Å²) in [5, 5.41) is 11.9. The fourth-order valence-corrected chi connectivity index (χ4v) is 8.94. The summed E-state index contributed by atoms with van der Waals surface area (Å²) in [4.78, 5) is 2.44. The van der Waals surface area contributed by atoms with Gasteiger partial charge in [-0.15, -0.1) is 0 Å². The maximum Gasteiger partial charge on any atom is 0.201 e. The third-order valence-corrected chi connectivity index (χ3v) is 11.6. The molecule has 0 saturated heterocycles. The first-order chi connectivity index (χ1) is 27.8. The molecule has 11 rings (SSSR count). The second-order valence-electron chi connectivity index (χ2n) is 14.8. The van der Waals surface area contributed by atoms with E-state index in [0.717, 1.165) is 57.8 Å². The second-order valence-corrected chi connectivity index (χ2v) is 14.8. The second kappa shape index (κ2) is 13.3. The number of benzene rings is 8. The normalized spacial score (nSPS) is 14.9.